The fourth-order valence-electron chi connectivity index (χ4n) is 12.3. The highest BCUT2D eigenvalue weighted by Crippen LogP contribution is 2.27. The largest absolute Gasteiger partial charge is 0.299 e. The average molecular weight is 1460 g/mol. The van der Waals surface area contributed by atoms with Gasteiger partial charge in [0, 0.05) is 91.6 Å². The minimum Gasteiger partial charge on any atom is -0.299 e. The van der Waals surface area contributed by atoms with E-state index in [1.54, 1.807) is 121 Å². The van der Waals surface area contributed by atoms with Gasteiger partial charge in [-0.15, -0.1) is 0 Å². The smallest absolute Gasteiger partial charge is 0.243 e. The standard InChI is InChI=1S/C72H94N8O12S6/c1-59-13-29-67(30-14-59)93(81,82)75-45-7-41-73(43-9-47-77(95(85,86)69-33-17-61(3)18-34-69)53-55-79(51-11-49-75)97(89,90)71-37-21-63(5)22-38-71)57-65-25-27-66(28-26-65)58-74-42-8-46-76(94(83,84)68-31-15-60(2)16-32-68)50-12-52-80(98(91,92)72-39-23-64(6)24-40-72)56-54-78(48-10-44-74)96(87,88)70-35-19-62(4)20-36-70/h13-40H,7-12,41-58H2,1-6H3. The molecule has 2 aliphatic heterocycles. The maximum Gasteiger partial charge on any atom is 0.243 e. The number of benzene rings is 7. The van der Waals surface area contributed by atoms with Crippen LogP contribution in [0, 0.1) is 41.5 Å². The number of hydrogen-bond donors (Lipinski definition) is 0. The fraction of sp³-hybridized carbons (Fsp3) is 0.417. The van der Waals surface area contributed by atoms with E-state index in [1.165, 1.54) is 50.1 Å². The molecule has 0 aliphatic carbocycles. The van der Waals surface area contributed by atoms with Gasteiger partial charge in [-0.25, -0.2) is 50.5 Å². The first-order chi connectivity index (χ1) is 46.5. The molecule has 2 aliphatic rings. The van der Waals surface area contributed by atoms with Crippen LogP contribution in [0.5, 0.6) is 0 Å². The predicted octanol–water partition coefficient (Wildman–Crippen LogP) is 9.65. The highest BCUT2D eigenvalue weighted by Gasteiger charge is 2.34. The normalized spacial score (nSPS) is 18.3. The number of sulfonamides is 6. The summed E-state index contributed by atoms with van der Waals surface area (Å²) in [5, 5.41) is 0. The van der Waals surface area contributed by atoms with Gasteiger partial charge in [0.2, 0.25) is 60.1 Å². The first kappa shape index (κ1) is 76.1. The molecule has 2 saturated heterocycles. The molecule has 20 nitrogen and oxygen atoms in total. The van der Waals surface area contributed by atoms with Gasteiger partial charge in [0.15, 0.2) is 0 Å². The second-order valence-corrected chi connectivity index (χ2v) is 37.4. The topological polar surface area (TPSA) is 231 Å². The number of nitrogens with zero attached hydrogens (tertiary/aromatic N) is 8. The predicted molar refractivity (Wildman–Crippen MR) is 384 cm³/mol. The minimum atomic E-state index is -4.18. The van der Waals surface area contributed by atoms with E-state index in [0.29, 0.717) is 65.0 Å². The Hall–Kier alpha value is -6.08. The quantitative estimate of drug-likeness (QED) is 0.0877. The molecule has 0 amide bonds. The summed E-state index contributed by atoms with van der Waals surface area (Å²) in [6.07, 6.45) is 1.75. The lowest BCUT2D eigenvalue weighted by Crippen LogP contribution is -2.43. The molecular weight excluding hydrogens is 1360 g/mol. The van der Waals surface area contributed by atoms with Gasteiger partial charge < -0.3 is 0 Å². The summed E-state index contributed by atoms with van der Waals surface area (Å²) in [5.74, 6) is 0. The van der Waals surface area contributed by atoms with Crippen LogP contribution in [0.2, 0.25) is 0 Å². The SMILES string of the molecule is Cc1ccc(S(=O)(=O)N2CCCN(Cc3ccc(CN4CCCN(S(=O)(=O)c5ccc(C)cc5)CCCN(S(=O)(=O)c5ccc(C)cc5)CCN(S(=O)(=O)c5ccc(C)cc5)CCC4)cc3)CCCN(S(=O)(=O)c3ccc(C)cc3)CCN(S(=O)(=O)c3ccc(C)cc3)CCC2)cc1. The lowest BCUT2D eigenvalue weighted by Gasteiger charge is -2.28. The molecule has 0 aromatic heterocycles. The molecule has 7 aromatic rings. The molecule has 26 heteroatoms. The van der Waals surface area contributed by atoms with Crippen LogP contribution in [0.25, 0.3) is 0 Å². The first-order valence-corrected chi connectivity index (χ1v) is 42.1. The molecule has 2 heterocycles. The molecule has 0 radical (unpaired) electrons. The van der Waals surface area contributed by atoms with Crippen molar-refractivity contribution in [3.8, 4) is 0 Å². The van der Waals surface area contributed by atoms with Gasteiger partial charge in [-0.2, -0.15) is 25.8 Å². The van der Waals surface area contributed by atoms with Crippen LogP contribution in [-0.4, -0.2) is 191 Å². The van der Waals surface area contributed by atoms with Crippen molar-refractivity contribution in [2.75, 3.05) is 105 Å². The van der Waals surface area contributed by atoms with Crippen LogP contribution in [0.1, 0.15) is 83.0 Å². The Labute approximate surface area is 583 Å². The van der Waals surface area contributed by atoms with Crippen molar-refractivity contribution in [1.29, 1.82) is 0 Å². The lowest BCUT2D eigenvalue weighted by atomic mass is 10.1. The van der Waals surface area contributed by atoms with Crippen LogP contribution in [0.3, 0.4) is 0 Å². The summed E-state index contributed by atoms with van der Waals surface area (Å²) in [5.41, 5.74) is 7.12. The molecule has 0 saturated carbocycles. The number of aryl methyl sites for hydroxylation is 6. The minimum absolute atomic E-state index is 0.00426. The zero-order valence-corrected chi connectivity index (χ0v) is 62.0. The Morgan fingerprint density at radius 2 is 0.347 bits per heavy atom. The molecule has 98 heavy (non-hydrogen) atoms. The number of hydrogen-bond acceptors (Lipinski definition) is 14. The lowest BCUT2D eigenvalue weighted by molar-refractivity contribution is 0.239. The molecule has 0 unspecified atom stereocenters. The van der Waals surface area contributed by atoms with Crippen LogP contribution in [0.4, 0.5) is 0 Å². The molecule has 0 spiro atoms. The Bertz CT molecular complexity index is 4190. The Morgan fingerprint density at radius 3 is 0.510 bits per heavy atom. The Kier molecular flexibility index (Phi) is 26.1. The van der Waals surface area contributed by atoms with Crippen molar-refractivity contribution >= 4 is 60.1 Å². The zero-order chi connectivity index (χ0) is 70.5. The summed E-state index contributed by atoms with van der Waals surface area (Å²) in [6, 6.07) is 47.4. The summed E-state index contributed by atoms with van der Waals surface area (Å²) in [7, 11) is -24.8. The molecule has 530 valence electrons. The van der Waals surface area contributed by atoms with Gasteiger partial charge in [0.05, 0.1) is 29.4 Å². The molecule has 2 fully saturated rings. The Balaban J connectivity index is 0.986. The maximum atomic E-state index is 14.7. The highest BCUT2D eigenvalue weighted by atomic mass is 32.2. The molecule has 0 N–H and O–H groups in total. The van der Waals surface area contributed by atoms with Gasteiger partial charge >= 0.3 is 0 Å². The fourth-order valence-corrected chi connectivity index (χ4v) is 21.2. The first-order valence-electron chi connectivity index (χ1n) is 33.5. The zero-order valence-electron chi connectivity index (χ0n) is 57.1. The monoisotopic (exact) mass is 1450 g/mol. The van der Waals surface area contributed by atoms with E-state index >= 15 is 0 Å². The van der Waals surface area contributed by atoms with Crippen LogP contribution >= 0.6 is 0 Å². The maximum absolute atomic E-state index is 14.7. The van der Waals surface area contributed by atoms with Gasteiger partial charge in [-0.3, -0.25) is 9.80 Å². The van der Waals surface area contributed by atoms with Gasteiger partial charge in [-0.1, -0.05) is 130 Å². The van der Waals surface area contributed by atoms with E-state index in [0.717, 1.165) is 44.5 Å². The van der Waals surface area contributed by atoms with E-state index in [2.05, 4.69) is 9.80 Å². The second-order valence-electron chi connectivity index (χ2n) is 25.8. The van der Waals surface area contributed by atoms with Crippen LogP contribution < -0.4 is 0 Å². The molecular formula is C72H94N8O12S6. The van der Waals surface area contributed by atoms with E-state index in [9.17, 15) is 50.5 Å². The second kappa shape index (κ2) is 33.6. The van der Waals surface area contributed by atoms with Gasteiger partial charge in [0.25, 0.3) is 0 Å². The third-order valence-corrected chi connectivity index (χ3v) is 29.6. The Morgan fingerprint density at radius 1 is 0.204 bits per heavy atom. The van der Waals surface area contributed by atoms with E-state index in [1.807, 2.05) is 65.8 Å². The van der Waals surface area contributed by atoms with Gasteiger partial charge in [-0.05, 0) is 190 Å². The summed E-state index contributed by atoms with van der Waals surface area (Å²) < 4.78 is 183. The van der Waals surface area contributed by atoms with Crippen LogP contribution in [0.15, 0.2) is 199 Å². The van der Waals surface area contributed by atoms with Crippen molar-refractivity contribution in [2.24, 2.45) is 0 Å². The molecule has 9 rings (SSSR count). The average Bonchev–Trinajstić information content (AvgIpc) is 0.932. The van der Waals surface area contributed by atoms with Crippen molar-refractivity contribution < 1.29 is 50.5 Å². The summed E-state index contributed by atoms with van der Waals surface area (Å²) >= 11 is 0. The highest BCUT2D eigenvalue weighted by molar-refractivity contribution is 7.90. The van der Waals surface area contributed by atoms with Crippen molar-refractivity contribution in [2.45, 2.75) is 123 Å². The number of rotatable bonds is 16. The van der Waals surface area contributed by atoms with Crippen molar-refractivity contribution in [1.82, 2.24) is 35.6 Å². The third-order valence-electron chi connectivity index (χ3n) is 18.1. The van der Waals surface area contributed by atoms with Crippen molar-refractivity contribution in [3.63, 3.8) is 0 Å². The summed E-state index contributed by atoms with van der Waals surface area (Å²) in [6.45, 7) is 13.2. The van der Waals surface area contributed by atoms with Crippen LogP contribution in [-0.2, 0) is 73.2 Å². The summed E-state index contributed by atoms with van der Waals surface area (Å²) in [4.78, 5) is 4.86. The van der Waals surface area contributed by atoms with E-state index < -0.39 is 60.1 Å². The van der Waals surface area contributed by atoms with E-state index in [-0.39, 0.29) is 121 Å². The molecule has 7 aromatic carbocycles. The van der Waals surface area contributed by atoms with E-state index in [4.69, 9.17) is 0 Å². The van der Waals surface area contributed by atoms with Crippen molar-refractivity contribution in [3.05, 3.63) is 214 Å². The van der Waals surface area contributed by atoms with Gasteiger partial charge in [0.1, 0.15) is 0 Å². The third kappa shape index (κ3) is 19.7. The molecule has 0 atom stereocenters. The molecule has 0 bridgehead atoms.